The lowest BCUT2D eigenvalue weighted by molar-refractivity contribution is 1.03. The number of aromatic amines is 1. The van der Waals surface area contributed by atoms with Gasteiger partial charge in [0.15, 0.2) is 0 Å². The highest BCUT2D eigenvalue weighted by atomic mass is 79.9. The Labute approximate surface area is 63.9 Å². The predicted molar refractivity (Wildman–Crippen MR) is 38.9 cm³/mol. The molecule has 0 bridgehead atoms. The second-order valence-corrected chi connectivity index (χ2v) is 2.72. The number of nitrogens with one attached hydrogen (secondary N) is 1. The first-order chi connectivity index (χ1) is 3.83. The zero-order valence-electron chi connectivity index (χ0n) is 3.99. The highest BCUT2D eigenvalue weighted by Crippen LogP contribution is 2.08. The molecule has 0 amide bonds. The summed E-state index contributed by atoms with van der Waals surface area (Å²) in [5.74, 6) is 0. The Hall–Kier alpha value is 0.170. The molecule has 1 aromatic rings. The van der Waals surface area contributed by atoms with E-state index in [4.69, 9.17) is 0 Å². The Morgan fingerprint density at radius 3 is 2.75 bits per heavy atom. The summed E-state index contributed by atoms with van der Waals surface area (Å²) in [6, 6.07) is 1.93. The molecule has 0 aliphatic carbocycles. The number of halogens is 2. The van der Waals surface area contributed by atoms with Crippen molar-refractivity contribution in [3.8, 4) is 0 Å². The van der Waals surface area contributed by atoms with Gasteiger partial charge in [-0.25, -0.2) is 0 Å². The van der Waals surface area contributed by atoms with Gasteiger partial charge in [0.2, 0.25) is 0 Å². The van der Waals surface area contributed by atoms with Crippen molar-refractivity contribution in [3.05, 3.63) is 16.4 Å². The molecule has 0 radical (unpaired) electrons. The molecule has 0 fully saturated rings. The molecule has 0 aliphatic heterocycles. The van der Waals surface area contributed by atoms with E-state index in [0.717, 1.165) is 15.6 Å². The number of alkyl halides is 1. The lowest BCUT2D eigenvalue weighted by atomic mass is 10.5. The molecule has 0 saturated heterocycles. The van der Waals surface area contributed by atoms with Gasteiger partial charge in [-0.05, 0) is 22.0 Å². The van der Waals surface area contributed by atoms with Crippen molar-refractivity contribution in [1.29, 1.82) is 0 Å². The Balaban J connectivity index is 2.84. The third kappa shape index (κ3) is 1.32. The standard InChI is InChI=1S/C4H4Br2N2/c5-2-3-1-4(6)8-7-3/h1H,2H2,(H,7,8). The van der Waals surface area contributed by atoms with E-state index in [0.29, 0.717) is 0 Å². The molecule has 0 spiro atoms. The van der Waals surface area contributed by atoms with Crippen molar-refractivity contribution in [2.24, 2.45) is 0 Å². The normalized spacial score (nSPS) is 9.75. The summed E-state index contributed by atoms with van der Waals surface area (Å²) in [6.45, 7) is 0. The van der Waals surface area contributed by atoms with Crippen LogP contribution < -0.4 is 0 Å². The minimum atomic E-state index is 0.825. The minimum Gasteiger partial charge on any atom is -0.281 e. The Kier molecular flexibility index (Phi) is 2.08. The first kappa shape index (κ1) is 6.29. The third-order valence-corrected chi connectivity index (χ3v) is 1.75. The van der Waals surface area contributed by atoms with E-state index in [-0.39, 0.29) is 0 Å². The van der Waals surface area contributed by atoms with Crippen LogP contribution in [0.25, 0.3) is 0 Å². The fourth-order valence-corrected chi connectivity index (χ4v) is 1.05. The molecule has 0 saturated carbocycles. The molecule has 1 N–H and O–H groups in total. The van der Waals surface area contributed by atoms with Gasteiger partial charge in [0, 0.05) is 11.0 Å². The van der Waals surface area contributed by atoms with Crippen LogP contribution in [-0.4, -0.2) is 10.2 Å². The molecule has 4 heteroatoms. The minimum absolute atomic E-state index is 0.825. The number of hydrogen-bond acceptors (Lipinski definition) is 1. The molecule has 0 aliphatic rings. The molecular weight excluding hydrogens is 236 g/mol. The van der Waals surface area contributed by atoms with Gasteiger partial charge in [0.25, 0.3) is 0 Å². The maximum atomic E-state index is 3.85. The smallest absolute Gasteiger partial charge is 0.128 e. The molecule has 1 rings (SSSR count). The van der Waals surface area contributed by atoms with Crippen LogP contribution in [0.15, 0.2) is 10.7 Å². The predicted octanol–water partition coefficient (Wildman–Crippen LogP) is 2.07. The van der Waals surface area contributed by atoms with Crippen LogP contribution >= 0.6 is 31.9 Å². The molecule has 1 aromatic heterocycles. The second-order valence-electron chi connectivity index (χ2n) is 1.35. The van der Waals surface area contributed by atoms with Gasteiger partial charge < -0.3 is 0 Å². The van der Waals surface area contributed by atoms with E-state index in [1.165, 1.54) is 0 Å². The van der Waals surface area contributed by atoms with Crippen LogP contribution in [0.2, 0.25) is 0 Å². The SMILES string of the molecule is BrCc1cc(Br)n[nH]1. The zero-order chi connectivity index (χ0) is 5.98. The van der Waals surface area contributed by atoms with E-state index in [1.807, 2.05) is 6.07 Å². The number of aromatic nitrogens is 2. The van der Waals surface area contributed by atoms with E-state index < -0.39 is 0 Å². The van der Waals surface area contributed by atoms with Gasteiger partial charge in [-0.15, -0.1) is 0 Å². The van der Waals surface area contributed by atoms with Crippen LogP contribution in [0.1, 0.15) is 5.69 Å². The number of H-pyrrole nitrogens is 1. The van der Waals surface area contributed by atoms with Crippen molar-refractivity contribution < 1.29 is 0 Å². The summed E-state index contributed by atoms with van der Waals surface area (Å²) in [5.41, 5.74) is 1.08. The Bertz CT molecular complexity index is 172. The van der Waals surface area contributed by atoms with Crippen LogP contribution in [0.3, 0.4) is 0 Å². The third-order valence-electron chi connectivity index (χ3n) is 0.744. The lowest BCUT2D eigenvalue weighted by Crippen LogP contribution is -1.72. The first-order valence-corrected chi connectivity index (χ1v) is 4.00. The fourth-order valence-electron chi connectivity index (χ4n) is 0.402. The van der Waals surface area contributed by atoms with Gasteiger partial charge >= 0.3 is 0 Å². The average molecular weight is 240 g/mol. The average Bonchev–Trinajstić information content (AvgIpc) is 2.14. The van der Waals surface area contributed by atoms with Gasteiger partial charge in [0.05, 0.1) is 0 Å². The van der Waals surface area contributed by atoms with Crippen molar-refractivity contribution in [2.45, 2.75) is 5.33 Å². The summed E-state index contributed by atoms with van der Waals surface area (Å²) < 4.78 is 0.854. The van der Waals surface area contributed by atoms with Gasteiger partial charge in [-0.1, -0.05) is 15.9 Å². The Morgan fingerprint density at radius 1 is 1.75 bits per heavy atom. The summed E-state index contributed by atoms with van der Waals surface area (Å²) in [4.78, 5) is 0. The van der Waals surface area contributed by atoms with Crippen molar-refractivity contribution in [1.82, 2.24) is 10.2 Å². The Morgan fingerprint density at radius 2 is 2.50 bits per heavy atom. The van der Waals surface area contributed by atoms with Crippen LogP contribution in [0, 0.1) is 0 Å². The van der Waals surface area contributed by atoms with Crippen LogP contribution in [-0.2, 0) is 5.33 Å². The molecule has 2 nitrogen and oxygen atoms in total. The highest BCUT2D eigenvalue weighted by molar-refractivity contribution is 9.10. The summed E-state index contributed by atoms with van der Waals surface area (Å²) in [6.07, 6.45) is 0. The summed E-state index contributed by atoms with van der Waals surface area (Å²) >= 11 is 6.49. The number of nitrogens with zero attached hydrogens (tertiary/aromatic N) is 1. The van der Waals surface area contributed by atoms with Crippen molar-refractivity contribution in [3.63, 3.8) is 0 Å². The fraction of sp³-hybridized carbons (Fsp3) is 0.250. The quantitative estimate of drug-likeness (QED) is 0.747. The summed E-state index contributed by atoms with van der Waals surface area (Å²) in [5, 5.41) is 7.49. The molecule has 1 heterocycles. The van der Waals surface area contributed by atoms with E-state index in [2.05, 4.69) is 42.1 Å². The maximum absolute atomic E-state index is 3.85. The number of rotatable bonds is 1. The first-order valence-electron chi connectivity index (χ1n) is 2.08. The molecular formula is C4H4Br2N2. The van der Waals surface area contributed by atoms with Gasteiger partial charge in [-0.3, -0.25) is 5.10 Å². The molecule has 44 valence electrons. The topological polar surface area (TPSA) is 28.7 Å². The summed E-state index contributed by atoms with van der Waals surface area (Å²) in [7, 11) is 0. The molecule has 0 atom stereocenters. The van der Waals surface area contributed by atoms with Crippen LogP contribution in [0.4, 0.5) is 0 Å². The monoisotopic (exact) mass is 238 g/mol. The zero-order valence-corrected chi connectivity index (χ0v) is 7.16. The van der Waals surface area contributed by atoms with E-state index in [1.54, 1.807) is 0 Å². The van der Waals surface area contributed by atoms with Crippen molar-refractivity contribution in [2.75, 3.05) is 0 Å². The van der Waals surface area contributed by atoms with E-state index >= 15 is 0 Å². The second kappa shape index (κ2) is 2.64. The molecule has 8 heavy (non-hydrogen) atoms. The largest absolute Gasteiger partial charge is 0.281 e. The van der Waals surface area contributed by atoms with Gasteiger partial charge in [-0.2, -0.15) is 5.10 Å². The highest BCUT2D eigenvalue weighted by Gasteiger charge is 1.92. The van der Waals surface area contributed by atoms with E-state index in [9.17, 15) is 0 Å². The number of hydrogen-bond donors (Lipinski definition) is 1. The molecule has 0 unspecified atom stereocenters. The van der Waals surface area contributed by atoms with Crippen molar-refractivity contribution >= 4 is 31.9 Å². The lowest BCUT2D eigenvalue weighted by Gasteiger charge is -1.77. The van der Waals surface area contributed by atoms with Crippen LogP contribution in [0.5, 0.6) is 0 Å². The molecule has 0 aromatic carbocycles. The van der Waals surface area contributed by atoms with Gasteiger partial charge in [0.1, 0.15) is 4.60 Å². The maximum Gasteiger partial charge on any atom is 0.128 e.